The van der Waals surface area contributed by atoms with Crippen LogP contribution in [0.5, 0.6) is 0 Å². The van der Waals surface area contributed by atoms with Crippen molar-refractivity contribution < 1.29 is 38.4 Å². The van der Waals surface area contributed by atoms with Crippen LogP contribution in [-0.4, -0.2) is 46.0 Å². The highest BCUT2D eigenvalue weighted by Crippen LogP contribution is 2.18. The lowest BCUT2D eigenvalue weighted by molar-refractivity contribution is -0.384. The van der Waals surface area contributed by atoms with Crippen molar-refractivity contribution in [3.8, 4) is 0 Å². The number of nitro benzene ring substituents is 1. The fraction of sp³-hybridized carbons (Fsp3) is 0.350. The Labute approximate surface area is 197 Å². The second kappa shape index (κ2) is 11.7. The standard InChI is InChI=1S/C20H22N4O9S/c1-5-30-16(25)15(23-33-19(27)32-20(2,3)4)14-11-34-17(21-14)22-18(26)31-10-12-6-8-13(9-7-12)24(28)29/h6-9,11H,5,10H2,1-4H3,(H,21,22,26). The summed E-state index contributed by atoms with van der Waals surface area (Å²) in [7, 11) is 0. The van der Waals surface area contributed by atoms with Crippen molar-refractivity contribution in [2.24, 2.45) is 5.16 Å². The van der Waals surface area contributed by atoms with Gasteiger partial charge in [0.25, 0.3) is 5.69 Å². The smallest absolute Gasteiger partial charge is 0.461 e. The first-order valence-electron chi connectivity index (χ1n) is 9.76. The SMILES string of the molecule is CCOC(=O)C(=NOC(=O)OC(C)(C)C)c1csc(NC(=O)OCc2ccc([N+](=O)[O-])cc2)n1. The zero-order valence-electron chi connectivity index (χ0n) is 18.7. The second-order valence-corrected chi connectivity index (χ2v) is 8.24. The number of aromatic nitrogens is 1. The van der Waals surface area contributed by atoms with Crippen LogP contribution < -0.4 is 5.32 Å². The summed E-state index contributed by atoms with van der Waals surface area (Å²) < 4.78 is 14.9. The number of oxime groups is 1. The second-order valence-electron chi connectivity index (χ2n) is 7.38. The minimum absolute atomic E-state index is 0.0160. The van der Waals surface area contributed by atoms with Crippen molar-refractivity contribution in [1.29, 1.82) is 0 Å². The quantitative estimate of drug-likeness (QED) is 0.141. The number of ether oxygens (including phenoxy) is 3. The van der Waals surface area contributed by atoms with E-state index in [9.17, 15) is 24.5 Å². The molecule has 34 heavy (non-hydrogen) atoms. The molecule has 2 rings (SSSR count). The lowest BCUT2D eigenvalue weighted by atomic mass is 10.2. The molecule has 14 heteroatoms. The topological polar surface area (TPSA) is 169 Å². The molecular formula is C20H22N4O9S. The van der Waals surface area contributed by atoms with Crippen molar-refractivity contribution in [2.75, 3.05) is 11.9 Å². The average molecular weight is 494 g/mol. The van der Waals surface area contributed by atoms with E-state index in [4.69, 9.17) is 14.2 Å². The van der Waals surface area contributed by atoms with Gasteiger partial charge in [-0.1, -0.05) is 5.16 Å². The monoisotopic (exact) mass is 494 g/mol. The molecular weight excluding hydrogens is 472 g/mol. The molecule has 0 aliphatic carbocycles. The predicted octanol–water partition coefficient (Wildman–Crippen LogP) is 4.02. The van der Waals surface area contributed by atoms with E-state index in [0.717, 1.165) is 11.3 Å². The van der Waals surface area contributed by atoms with E-state index >= 15 is 0 Å². The Morgan fingerprint density at radius 1 is 1.18 bits per heavy atom. The summed E-state index contributed by atoms with van der Waals surface area (Å²) in [6.45, 7) is 6.37. The predicted molar refractivity (Wildman–Crippen MR) is 120 cm³/mol. The van der Waals surface area contributed by atoms with Crippen molar-refractivity contribution in [3.05, 3.63) is 51.0 Å². The van der Waals surface area contributed by atoms with E-state index in [0.29, 0.717) is 5.56 Å². The van der Waals surface area contributed by atoms with Gasteiger partial charge in [0.2, 0.25) is 5.71 Å². The van der Waals surface area contributed by atoms with Gasteiger partial charge in [-0.2, -0.15) is 0 Å². The number of thiazole rings is 1. The first-order valence-corrected chi connectivity index (χ1v) is 10.6. The van der Waals surface area contributed by atoms with Crippen LogP contribution in [0.15, 0.2) is 34.8 Å². The highest BCUT2D eigenvalue weighted by Gasteiger charge is 2.23. The van der Waals surface area contributed by atoms with Gasteiger partial charge in [0.1, 0.15) is 17.9 Å². The van der Waals surface area contributed by atoms with E-state index < -0.39 is 34.5 Å². The highest BCUT2D eigenvalue weighted by molar-refractivity contribution is 7.14. The lowest BCUT2D eigenvalue weighted by Crippen LogP contribution is -2.25. The molecule has 0 saturated carbocycles. The molecule has 0 saturated heterocycles. The van der Waals surface area contributed by atoms with Crippen molar-refractivity contribution in [1.82, 2.24) is 4.98 Å². The van der Waals surface area contributed by atoms with E-state index in [1.165, 1.54) is 29.6 Å². The van der Waals surface area contributed by atoms with Crippen molar-refractivity contribution in [2.45, 2.75) is 39.9 Å². The molecule has 1 aromatic carbocycles. The Bertz CT molecular complexity index is 1070. The summed E-state index contributed by atoms with van der Waals surface area (Å²) in [5.41, 5.74) is -0.799. The molecule has 0 spiro atoms. The molecule has 0 radical (unpaired) electrons. The third-order valence-electron chi connectivity index (χ3n) is 3.54. The molecule has 0 aliphatic heterocycles. The Kier molecular flexibility index (Phi) is 9.01. The maximum Gasteiger partial charge on any atom is 0.535 e. The fourth-order valence-corrected chi connectivity index (χ4v) is 2.85. The number of carbonyl (C=O) groups excluding carboxylic acids is 3. The van der Waals surface area contributed by atoms with Gasteiger partial charge in [0, 0.05) is 17.5 Å². The molecule has 182 valence electrons. The third kappa shape index (κ3) is 8.46. The number of rotatable bonds is 8. The Morgan fingerprint density at radius 2 is 1.85 bits per heavy atom. The summed E-state index contributed by atoms with van der Waals surface area (Å²) >= 11 is 0.954. The maximum atomic E-state index is 12.2. The normalized spacial score (nSPS) is 11.4. The van der Waals surface area contributed by atoms with E-state index in [-0.39, 0.29) is 29.7 Å². The van der Waals surface area contributed by atoms with Gasteiger partial charge in [0.15, 0.2) is 5.13 Å². The van der Waals surface area contributed by atoms with Crippen LogP contribution in [0.4, 0.5) is 20.4 Å². The maximum absolute atomic E-state index is 12.2. The number of esters is 1. The summed E-state index contributed by atoms with van der Waals surface area (Å²) in [5.74, 6) is -0.899. The average Bonchev–Trinajstić information content (AvgIpc) is 3.19. The van der Waals surface area contributed by atoms with Gasteiger partial charge in [0.05, 0.1) is 11.5 Å². The number of nitro groups is 1. The largest absolute Gasteiger partial charge is 0.535 e. The van der Waals surface area contributed by atoms with Crippen LogP contribution in [0, 0.1) is 10.1 Å². The van der Waals surface area contributed by atoms with Crippen LogP contribution >= 0.6 is 11.3 Å². The number of carbonyl (C=O) groups is 3. The number of nitrogens with one attached hydrogen (secondary N) is 1. The van der Waals surface area contributed by atoms with Gasteiger partial charge in [-0.05, 0) is 45.4 Å². The van der Waals surface area contributed by atoms with Crippen LogP contribution in [-0.2, 0) is 30.4 Å². The number of non-ortho nitro benzene ring substituents is 1. The fourth-order valence-electron chi connectivity index (χ4n) is 2.17. The van der Waals surface area contributed by atoms with Crippen molar-refractivity contribution >= 4 is 46.1 Å². The summed E-state index contributed by atoms with van der Waals surface area (Å²) in [6.07, 6.45) is -1.98. The van der Waals surface area contributed by atoms with E-state index in [1.807, 2.05) is 0 Å². The number of hydrogen-bond acceptors (Lipinski definition) is 12. The van der Waals surface area contributed by atoms with Gasteiger partial charge in [-0.15, -0.1) is 11.3 Å². The molecule has 0 bridgehead atoms. The Morgan fingerprint density at radius 3 is 2.44 bits per heavy atom. The summed E-state index contributed by atoms with van der Waals surface area (Å²) in [4.78, 5) is 54.8. The first kappa shape index (κ1) is 26.2. The van der Waals surface area contributed by atoms with Crippen molar-refractivity contribution in [3.63, 3.8) is 0 Å². The number of hydrogen-bond donors (Lipinski definition) is 1. The number of amides is 1. The lowest BCUT2D eigenvalue weighted by Gasteiger charge is -2.17. The Hall–Kier alpha value is -4.07. The molecule has 1 aromatic heterocycles. The number of anilines is 1. The molecule has 1 amide bonds. The van der Waals surface area contributed by atoms with Gasteiger partial charge >= 0.3 is 18.2 Å². The molecule has 1 heterocycles. The third-order valence-corrected chi connectivity index (χ3v) is 4.30. The Balaban J connectivity index is 2.02. The molecule has 13 nitrogen and oxygen atoms in total. The number of nitrogens with zero attached hydrogens (tertiary/aromatic N) is 3. The van der Waals surface area contributed by atoms with E-state index in [2.05, 4.69) is 20.3 Å². The van der Waals surface area contributed by atoms with Gasteiger partial charge in [-0.3, -0.25) is 20.3 Å². The van der Waals surface area contributed by atoms with Gasteiger partial charge < -0.3 is 14.2 Å². The summed E-state index contributed by atoms with van der Waals surface area (Å²) in [5, 5.41) is 18.0. The molecule has 0 unspecified atom stereocenters. The van der Waals surface area contributed by atoms with Crippen LogP contribution in [0.25, 0.3) is 0 Å². The van der Waals surface area contributed by atoms with E-state index in [1.54, 1.807) is 27.7 Å². The minimum Gasteiger partial charge on any atom is -0.461 e. The molecule has 0 fully saturated rings. The molecule has 0 atom stereocenters. The summed E-state index contributed by atoms with van der Waals surface area (Å²) in [6, 6.07) is 5.50. The molecule has 2 aromatic rings. The number of benzene rings is 1. The zero-order chi connectivity index (χ0) is 25.3. The van der Waals surface area contributed by atoms with Gasteiger partial charge in [-0.25, -0.2) is 19.4 Å². The van der Waals surface area contributed by atoms with Crippen LogP contribution in [0.2, 0.25) is 0 Å². The minimum atomic E-state index is -1.13. The highest BCUT2D eigenvalue weighted by atomic mass is 32.1. The zero-order valence-corrected chi connectivity index (χ0v) is 19.5. The van der Waals surface area contributed by atoms with Crippen LogP contribution in [0.1, 0.15) is 39.0 Å². The molecule has 0 aliphatic rings. The van der Waals surface area contributed by atoms with Crippen LogP contribution in [0.3, 0.4) is 0 Å². The first-order chi connectivity index (χ1) is 16.0. The molecule has 1 N–H and O–H groups in total.